The summed E-state index contributed by atoms with van der Waals surface area (Å²) < 4.78 is 8.19. The van der Waals surface area contributed by atoms with Crippen LogP contribution in [0, 0.1) is 5.92 Å². The van der Waals surface area contributed by atoms with Crippen molar-refractivity contribution in [2.45, 2.75) is 26.9 Å². The van der Waals surface area contributed by atoms with Crippen LogP contribution in [0.25, 0.3) is 0 Å². The van der Waals surface area contributed by atoms with Gasteiger partial charge in [-0.1, -0.05) is 13.8 Å². The van der Waals surface area contributed by atoms with E-state index >= 15 is 0 Å². The molecule has 0 aliphatic carbocycles. The molecule has 6 nitrogen and oxygen atoms in total. The second kappa shape index (κ2) is 6.49. The molecule has 0 amide bonds. The molecule has 0 radical (unpaired) electrons. The van der Waals surface area contributed by atoms with Crippen LogP contribution in [0.3, 0.4) is 0 Å². The Morgan fingerprint density at radius 3 is 2.53 bits per heavy atom. The SMILES string of the molecule is CC(C)Cn1c(=O)sn(CCN2CCOCC2)c1=O. The van der Waals surface area contributed by atoms with Crippen LogP contribution in [0.2, 0.25) is 0 Å². The van der Waals surface area contributed by atoms with Crippen molar-refractivity contribution in [3.05, 3.63) is 20.2 Å². The van der Waals surface area contributed by atoms with Crippen molar-refractivity contribution < 1.29 is 4.74 Å². The Labute approximate surface area is 116 Å². The topological polar surface area (TPSA) is 56.5 Å². The van der Waals surface area contributed by atoms with Crippen LogP contribution in [-0.4, -0.2) is 46.3 Å². The number of hydrogen-bond donors (Lipinski definition) is 0. The summed E-state index contributed by atoms with van der Waals surface area (Å²) in [6, 6.07) is 0. The van der Waals surface area contributed by atoms with E-state index < -0.39 is 0 Å². The molecule has 7 heteroatoms. The quantitative estimate of drug-likeness (QED) is 0.768. The fraction of sp³-hybridized carbons (Fsp3) is 0.833. The fourth-order valence-corrected chi connectivity index (χ4v) is 2.90. The highest BCUT2D eigenvalue weighted by molar-refractivity contribution is 7.03. The summed E-state index contributed by atoms with van der Waals surface area (Å²) in [7, 11) is 0. The number of aromatic nitrogens is 2. The van der Waals surface area contributed by atoms with E-state index in [9.17, 15) is 9.59 Å². The van der Waals surface area contributed by atoms with Crippen LogP contribution < -0.4 is 10.6 Å². The first kappa shape index (κ1) is 14.5. The van der Waals surface area contributed by atoms with E-state index in [2.05, 4.69) is 4.90 Å². The molecule has 1 fully saturated rings. The number of hydrogen-bond acceptors (Lipinski definition) is 5. The third-order valence-corrected chi connectivity index (χ3v) is 4.06. The van der Waals surface area contributed by atoms with Gasteiger partial charge in [-0.2, -0.15) is 0 Å². The van der Waals surface area contributed by atoms with E-state index in [1.807, 2.05) is 13.8 Å². The molecule has 1 aliphatic rings. The monoisotopic (exact) mass is 287 g/mol. The molecule has 1 aromatic heterocycles. The third-order valence-electron chi connectivity index (χ3n) is 3.12. The molecule has 0 atom stereocenters. The minimum atomic E-state index is -0.169. The lowest BCUT2D eigenvalue weighted by atomic mass is 10.2. The Morgan fingerprint density at radius 2 is 1.89 bits per heavy atom. The zero-order chi connectivity index (χ0) is 13.8. The predicted molar refractivity (Wildman–Crippen MR) is 74.9 cm³/mol. The van der Waals surface area contributed by atoms with Crippen LogP contribution in [-0.2, 0) is 17.8 Å². The van der Waals surface area contributed by atoms with E-state index in [4.69, 9.17) is 4.74 Å². The highest BCUT2D eigenvalue weighted by Crippen LogP contribution is 1.99. The Morgan fingerprint density at radius 1 is 1.21 bits per heavy atom. The summed E-state index contributed by atoms with van der Waals surface area (Å²) in [5, 5.41) is 0. The standard InChI is InChI=1S/C12H21N3O3S/c1-10(2)9-14-11(16)15(19-12(14)17)4-3-13-5-7-18-8-6-13/h10H,3-9H2,1-2H3. The van der Waals surface area contributed by atoms with Gasteiger partial charge >= 0.3 is 10.6 Å². The summed E-state index contributed by atoms with van der Waals surface area (Å²) in [5.41, 5.74) is -0.169. The van der Waals surface area contributed by atoms with Gasteiger partial charge in [-0.15, -0.1) is 0 Å². The highest BCUT2D eigenvalue weighted by atomic mass is 32.1. The van der Waals surface area contributed by atoms with Gasteiger partial charge in [-0.05, 0) is 5.92 Å². The van der Waals surface area contributed by atoms with E-state index in [0.717, 1.165) is 44.4 Å². The van der Waals surface area contributed by atoms with Gasteiger partial charge in [-0.25, -0.2) is 13.3 Å². The molecular formula is C12H21N3O3S. The average molecular weight is 287 g/mol. The van der Waals surface area contributed by atoms with Crippen molar-refractivity contribution in [3.8, 4) is 0 Å². The van der Waals surface area contributed by atoms with Crippen molar-refractivity contribution in [1.29, 1.82) is 0 Å². The highest BCUT2D eigenvalue weighted by Gasteiger charge is 2.14. The Kier molecular flexibility index (Phi) is 4.95. The molecule has 19 heavy (non-hydrogen) atoms. The first-order valence-electron chi connectivity index (χ1n) is 6.69. The molecule has 2 heterocycles. The van der Waals surface area contributed by atoms with Gasteiger partial charge in [0, 0.05) is 37.7 Å². The van der Waals surface area contributed by atoms with Gasteiger partial charge in [0.15, 0.2) is 0 Å². The smallest absolute Gasteiger partial charge is 0.341 e. The fourth-order valence-electron chi connectivity index (χ4n) is 2.11. The molecule has 1 aliphatic heterocycles. The second-order valence-electron chi connectivity index (χ2n) is 5.20. The molecule has 0 N–H and O–H groups in total. The zero-order valence-electron chi connectivity index (χ0n) is 11.5. The molecule has 1 aromatic rings. The Bertz CT molecular complexity index is 511. The van der Waals surface area contributed by atoms with E-state index in [1.165, 1.54) is 4.57 Å². The number of morpholine rings is 1. The van der Waals surface area contributed by atoms with E-state index in [1.54, 1.807) is 3.96 Å². The molecule has 0 aromatic carbocycles. The largest absolute Gasteiger partial charge is 0.379 e. The molecule has 0 bridgehead atoms. The lowest BCUT2D eigenvalue weighted by molar-refractivity contribution is 0.0366. The molecule has 2 rings (SSSR count). The maximum atomic E-state index is 12.1. The average Bonchev–Trinajstić information content (AvgIpc) is 2.65. The van der Waals surface area contributed by atoms with Gasteiger partial charge < -0.3 is 4.74 Å². The lowest BCUT2D eigenvalue weighted by Gasteiger charge is -2.26. The summed E-state index contributed by atoms with van der Waals surface area (Å²) in [6.07, 6.45) is 0. The van der Waals surface area contributed by atoms with Crippen molar-refractivity contribution in [2.75, 3.05) is 32.8 Å². The normalized spacial score (nSPS) is 17.2. The first-order chi connectivity index (χ1) is 9.08. The summed E-state index contributed by atoms with van der Waals surface area (Å²) in [4.78, 5) is 26.0. The second-order valence-corrected chi connectivity index (χ2v) is 6.17. The Hall–Kier alpha value is -0.920. The first-order valence-corrected chi connectivity index (χ1v) is 7.46. The summed E-state index contributed by atoms with van der Waals surface area (Å²) in [6.45, 7) is 9.18. The molecule has 0 unspecified atom stereocenters. The summed E-state index contributed by atoms with van der Waals surface area (Å²) in [5.74, 6) is 0.299. The molecule has 108 valence electrons. The van der Waals surface area contributed by atoms with Gasteiger partial charge in [0.1, 0.15) is 0 Å². The predicted octanol–water partition coefficient (Wildman–Crippen LogP) is 0.0597. The van der Waals surface area contributed by atoms with Crippen LogP contribution >= 0.6 is 11.5 Å². The number of ether oxygens (including phenoxy) is 1. The molecule has 0 saturated carbocycles. The van der Waals surface area contributed by atoms with Gasteiger partial charge in [-0.3, -0.25) is 9.69 Å². The van der Waals surface area contributed by atoms with Crippen molar-refractivity contribution in [1.82, 2.24) is 13.4 Å². The molecule has 0 spiro atoms. The van der Waals surface area contributed by atoms with Crippen molar-refractivity contribution in [3.63, 3.8) is 0 Å². The van der Waals surface area contributed by atoms with Gasteiger partial charge in [0.2, 0.25) is 0 Å². The number of rotatable bonds is 5. The third kappa shape index (κ3) is 3.77. The van der Waals surface area contributed by atoms with Gasteiger partial charge in [0.25, 0.3) is 0 Å². The maximum absolute atomic E-state index is 12.1. The summed E-state index contributed by atoms with van der Waals surface area (Å²) >= 11 is 1.03. The molecular weight excluding hydrogens is 266 g/mol. The van der Waals surface area contributed by atoms with E-state index in [-0.39, 0.29) is 10.6 Å². The molecule has 1 saturated heterocycles. The van der Waals surface area contributed by atoms with Crippen LogP contribution in [0.4, 0.5) is 0 Å². The maximum Gasteiger partial charge on any atom is 0.341 e. The van der Waals surface area contributed by atoms with Crippen LogP contribution in [0.15, 0.2) is 9.59 Å². The lowest BCUT2D eigenvalue weighted by Crippen LogP contribution is -2.39. The van der Waals surface area contributed by atoms with Crippen LogP contribution in [0.1, 0.15) is 13.8 Å². The zero-order valence-corrected chi connectivity index (χ0v) is 12.3. The van der Waals surface area contributed by atoms with Crippen molar-refractivity contribution >= 4 is 11.5 Å². The number of nitrogens with zero attached hydrogens (tertiary/aromatic N) is 3. The minimum absolute atomic E-state index is 0.152. The van der Waals surface area contributed by atoms with Crippen LogP contribution in [0.5, 0.6) is 0 Å². The Balaban J connectivity index is 2.00. The van der Waals surface area contributed by atoms with E-state index in [0.29, 0.717) is 19.0 Å². The van der Waals surface area contributed by atoms with Gasteiger partial charge in [0.05, 0.1) is 19.8 Å². The minimum Gasteiger partial charge on any atom is -0.379 e. The van der Waals surface area contributed by atoms with Crippen molar-refractivity contribution in [2.24, 2.45) is 5.92 Å².